The van der Waals surface area contributed by atoms with Crippen LogP contribution in [-0.2, 0) is 26.2 Å². The molecule has 6 nitrogen and oxygen atoms in total. The monoisotopic (exact) mass is 329 g/mol. The number of benzene rings is 1. The van der Waals surface area contributed by atoms with Crippen molar-refractivity contribution in [2.75, 3.05) is 26.5 Å². The van der Waals surface area contributed by atoms with E-state index in [1.54, 1.807) is 29.2 Å². The number of ether oxygens (including phenoxy) is 1. The van der Waals surface area contributed by atoms with Crippen molar-refractivity contribution in [3.63, 3.8) is 0 Å². The molecule has 0 aliphatic heterocycles. The van der Waals surface area contributed by atoms with E-state index in [9.17, 15) is 13.2 Å². The highest BCUT2D eigenvalue weighted by atomic mass is 32.2. The predicted molar refractivity (Wildman–Crippen MR) is 84.1 cm³/mol. The van der Waals surface area contributed by atoms with Gasteiger partial charge >= 0.3 is 10.1 Å². The first kappa shape index (κ1) is 18.4. The lowest BCUT2D eigenvalue weighted by molar-refractivity contribution is -0.135. The van der Waals surface area contributed by atoms with Crippen LogP contribution in [-0.4, -0.2) is 45.7 Å². The molecule has 1 amide bonds. The minimum absolute atomic E-state index is 0.0546. The van der Waals surface area contributed by atoms with Gasteiger partial charge < -0.3 is 13.8 Å². The highest BCUT2D eigenvalue weighted by molar-refractivity contribution is 7.86. The van der Waals surface area contributed by atoms with Gasteiger partial charge in [-0.05, 0) is 24.1 Å². The molecule has 1 aromatic rings. The number of carbonyl (C=O) groups excluding carboxylic acids is 1. The van der Waals surface area contributed by atoms with Gasteiger partial charge in [0.15, 0.2) is 0 Å². The SMILES string of the molecule is CCCCN(Cc1ccc(OS(C)(=O)=O)cc1)C(=O)COC. The van der Waals surface area contributed by atoms with Crippen molar-refractivity contribution in [1.29, 1.82) is 0 Å². The molecule has 0 aromatic heterocycles. The molecule has 1 aromatic carbocycles. The lowest BCUT2D eigenvalue weighted by Gasteiger charge is -2.22. The Labute approximate surface area is 132 Å². The Balaban J connectivity index is 2.74. The Kier molecular flexibility index (Phi) is 7.34. The van der Waals surface area contributed by atoms with Crippen molar-refractivity contribution < 1.29 is 22.1 Å². The third-order valence-corrected chi connectivity index (χ3v) is 3.44. The molecule has 0 saturated heterocycles. The largest absolute Gasteiger partial charge is 0.383 e. The van der Waals surface area contributed by atoms with Crippen LogP contribution in [0.25, 0.3) is 0 Å². The molecule has 0 unspecified atom stereocenters. The average molecular weight is 329 g/mol. The van der Waals surface area contributed by atoms with Gasteiger partial charge in [0.2, 0.25) is 5.91 Å². The first-order valence-electron chi connectivity index (χ1n) is 7.11. The number of methoxy groups -OCH3 is 1. The van der Waals surface area contributed by atoms with E-state index in [2.05, 4.69) is 6.92 Å². The van der Waals surface area contributed by atoms with Crippen LogP contribution >= 0.6 is 0 Å². The smallest absolute Gasteiger partial charge is 0.306 e. The van der Waals surface area contributed by atoms with Crippen LogP contribution in [0.15, 0.2) is 24.3 Å². The molecule has 0 heterocycles. The highest BCUT2D eigenvalue weighted by Crippen LogP contribution is 2.15. The van der Waals surface area contributed by atoms with Gasteiger partial charge in [-0.3, -0.25) is 4.79 Å². The quantitative estimate of drug-likeness (QED) is 0.646. The summed E-state index contributed by atoms with van der Waals surface area (Å²) in [6, 6.07) is 6.66. The van der Waals surface area contributed by atoms with E-state index in [1.807, 2.05) is 0 Å². The number of carbonyl (C=O) groups is 1. The summed E-state index contributed by atoms with van der Waals surface area (Å²) >= 11 is 0. The van der Waals surface area contributed by atoms with Crippen molar-refractivity contribution in [2.24, 2.45) is 0 Å². The van der Waals surface area contributed by atoms with Gasteiger partial charge in [0.05, 0.1) is 6.26 Å². The Bertz CT molecular complexity index is 568. The maximum Gasteiger partial charge on any atom is 0.306 e. The fraction of sp³-hybridized carbons (Fsp3) is 0.533. The van der Waals surface area contributed by atoms with E-state index in [1.165, 1.54) is 7.11 Å². The fourth-order valence-corrected chi connectivity index (χ4v) is 2.36. The summed E-state index contributed by atoms with van der Waals surface area (Å²) in [4.78, 5) is 13.7. The van der Waals surface area contributed by atoms with Crippen molar-refractivity contribution >= 4 is 16.0 Å². The zero-order valence-corrected chi connectivity index (χ0v) is 14.1. The molecule has 22 heavy (non-hydrogen) atoms. The molecular formula is C15H23NO5S. The minimum atomic E-state index is -3.53. The molecule has 1 rings (SSSR count). The molecule has 0 N–H and O–H groups in total. The summed E-state index contributed by atoms with van der Waals surface area (Å²) in [5, 5.41) is 0. The van der Waals surface area contributed by atoms with Crippen LogP contribution in [0.5, 0.6) is 5.75 Å². The van der Waals surface area contributed by atoms with E-state index in [4.69, 9.17) is 8.92 Å². The molecule has 0 fully saturated rings. The Morgan fingerprint density at radius 1 is 1.23 bits per heavy atom. The van der Waals surface area contributed by atoms with Crippen LogP contribution in [0, 0.1) is 0 Å². The van der Waals surface area contributed by atoms with Gasteiger partial charge in [0.25, 0.3) is 0 Å². The molecule has 0 atom stereocenters. The third kappa shape index (κ3) is 6.91. The van der Waals surface area contributed by atoms with Crippen LogP contribution in [0.1, 0.15) is 25.3 Å². The van der Waals surface area contributed by atoms with Crippen molar-refractivity contribution in [1.82, 2.24) is 4.90 Å². The van der Waals surface area contributed by atoms with Gasteiger partial charge in [0, 0.05) is 20.2 Å². The van der Waals surface area contributed by atoms with Crippen LogP contribution in [0.3, 0.4) is 0 Å². The Morgan fingerprint density at radius 2 is 1.86 bits per heavy atom. The Hall–Kier alpha value is -1.60. The molecule has 0 aliphatic carbocycles. The highest BCUT2D eigenvalue weighted by Gasteiger charge is 2.13. The number of hydrogen-bond acceptors (Lipinski definition) is 5. The second-order valence-electron chi connectivity index (χ2n) is 5.03. The van der Waals surface area contributed by atoms with Crippen LogP contribution in [0.4, 0.5) is 0 Å². The minimum Gasteiger partial charge on any atom is -0.383 e. The predicted octanol–water partition coefficient (Wildman–Crippen LogP) is 1.80. The molecule has 0 spiro atoms. The first-order chi connectivity index (χ1) is 10.4. The normalized spacial score (nSPS) is 11.2. The van der Waals surface area contributed by atoms with E-state index in [0.29, 0.717) is 13.1 Å². The average Bonchev–Trinajstić information content (AvgIpc) is 2.44. The van der Waals surface area contributed by atoms with Gasteiger partial charge in [-0.1, -0.05) is 25.5 Å². The number of hydrogen-bond donors (Lipinski definition) is 0. The van der Waals surface area contributed by atoms with Gasteiger partial charge in [-0.2, -0.15) is 8.42 Å². The summed E-state index contributed by atoms with van der Waals surface area (Å²) in [5.74, 6) is 0.196. The topological polar surface area (TPSA) is 72.9 Å². The van der Waals surface area contributed by atoms with E-state index < -0.39 is 10.1 Å². The molecule has 0 radical (unpaired) electrons. The Morgan fingerprint density at radius 3 is 2.36 bits per heavy atom. The number of amides is 1. The van der Waals surface area contributed by atoms with Gasteiger partial charge in [0.1, 0.15) is 12.4 Å². The van der Waals surface area contributed by atoms with Crippen LogP contribution < -0.4 is 4.18 Å². The van der Waals surface area contributed by atoms with Gasteiger partial charge in [-0.25, -0.2) is 0 Å². The maximum absolute atomic E-state index is 12.0. The molecular weight excluding hydrogens is 306 g/mol. The lowest BCUT2D eigenvalue weighted by atomic mass is 10.2. The van der Waals surface area contributed by atoms with Crippen molar-refractivity contribution in [2.45, 2.75) is 26.3 Å². The molecule has 7 heteroatoms. The van der Waals surface area contributed by atoms with Crippen molar-refractivity contribution in [3.05, 3.63) is 29.8 Å². The molecule has 0 bridgehead atoms. The van der Waals surface area contributed by atoms with E-state index >= 15 is 0 Å². The molecule has 124 valence electrons. The molecule has 0 saturated carbocycles. The second-order valence-corrected chi connectivity index (χ2v) is 6.61. The summed E-state index contributed by atoms with van der Waals surface area (Å²) in [6.07, 6.45) is 2.92. The lowest BCUT2D eigenvalue weighted by Crippen LogP contribution is -2.34. The number of nitrogens with zero attached hydrogens (tertiary/aromatic N) is 1. The third-order valence-electron chi connectivity index (χ3n) is 2.95. The zero-order valence-electron chi connectivity index (χ0n) is 13.2. The first-order valence-corrected chi connectivity index (χ1v) is 8.92. The summed E-state index contributed by atoms with van der Waals surface area (Å²) in [7, 11) is -2.03. The van der Waals surface area contributed by atoms with Crippen molar-refractivity contribution in [3.8, 4) is 5.75 Å². The van der Waals surface area contributed by atoms with E-state index in [0.717, 1.165) is 24.7 Å². The summed E-state index contributed by atoms with van der Waals surface area (Å²) in [6.45, 7) is 3.25. The second kappa shape index (κ2) is 8.75. The standard InChI is InChI=1S/C15H23NO5S/c1-4-5-10-16(15(17)12-20-2)11-13-6-8-14(9-7-13)21-22(3,18)19/h6-9H,4-5,10-12H2,1-3H3. The zero-order chi connectivity index (χ0) is 16.6. The number of rotatable bonds is 9. The summed E-state index contributed by atoms with van der Waals surface area (Å²) < 4.78 is 31.8. The maximum atomic E-state index is 12.0. The summed E-state index contributed by atoms with van der Waals surface area (Å²) in [5.41, 5.74) is 0.904. The van der Waals surface area contributed by atoms with Crippen LogP contribution in [0.2, 0.25) is 0 Å². The number of unbranched alkanes of at least 4 members (excludes halogenated alkanes) is 1. The molecule has 0 aliphatic rings. The van der Waals surface area contributed by atoms with Gasteiger partial charge in [-0.15, -0.1) is 0 Å². The van der Waals surface area contributed by atoms with E-state index in [-0.39, 0.29) is 18.3 Å². The fourth-order valence-electron chi connectivity index (χ4n) is 1.90.